The number of carboxylic acid groups (broad SMARTS) is 1. The number of sulfonamides is 1. The fourth-order valence-corrected chi connectivity index (χ4v) is 9.96. The molecule has 3 N–H and O–H groups in total. The van der Waals surface area contributed by atoms with Crippen LogP contribution in [-0.4, -0.2) is 113 Å². The van der Waals surface area contributed by atoms with Crippen molar-refractivity contribution in [3.8, 4) is 11.6 Å². The van der Waals surface area contributed by atoms with Crippen LogP contribution in [0, 0.1) is 17.8 Å². The zero-order valence-electron chi connectivity index (χ0n) is 34.4. The second kappa shape index (κ2) is 16.3. The molecule has 0 radical (unpaired) electrons. The molecule has 1 aromatic heterocycles. The Morgan fingerprint density at radius 3 is 2.34 bits per heavy atom. The number of halogens is 7. The summed E-state index contributed by atoms with van der Waals surface area (Å²) in [6, 6.07) is -0.103. The van der Waals surface area contributed by atoms with E-state index < -0.39 is 117 Å². The summed E-state index contributed by atoms with van der Waals surface area (Å²) in [4.78, 5) is 61.1. The molecular formula is C40H48F7N5O9S. The predicted molar refractivity (Wildman–Crippen MR) is 207 cm³/mol. The van der Waals surface area contributed by atoms with Gasteiger partial charge in [-0.15, -0.1) is 0 Å². The van der Waals surface area contributed by atoms with Gasteiger partial charge in [0.25, 0.3) is 5.91 Å². The number of alkyl halides is 7. The van der Waals surface area contributed by atoms with Crippen LogP contribution < -0.4 is 19.5 Å². The van der Waals surface area contributed by atoms with Gasteiger partial charge in [-0.3, -0.25) is 24.0 Å². The summed E-state index contributed by atoms with van der Waals surface area (Å²) in [5.41, 5.74) is -6.25. The summed E-state index contributed by atoms with van der Waals surface area (Å²) in [6.07, 6.45) is -9.62. The fourth-order valence-electron chi connectivity index (χ4n) is 8.54. The van der Waals surface area contributed by atoms with Crippen LogP contribution in [0.25, 0.3) is 10.8 Å². The van der Waals surface area contributed by atoms with Gasteiger partial charge in [-0.1, -0.05) is 26.0 Å². The van der Waals surface area contributed by atoms with Gasteiger partial charge >= 0.3 is 18.4 Å². The third kappa shape index (κ3) is 8.58. The van der Waals surface area contributed by atoms with Gasteiger partial charge in [-0.2, -0.15) is 26.3 Å². The molecule has 1 aromatic carbocycles. The second-order valence-corrected chi connectivity index (χ2v) is 19.4. The summed E-state index contributed by atoms with van der Waals surface area (Å²) in [7, 11) is -3.34. The third-order valence-corrected chi connectivity index (χ3v) is 14.8. The topological polar surface area (TPSA) is 185 Å². The van der Waals surface area contributed by atoms with E-state index >= 15 is 0 Å². The minimum atomic E-state index is -5.20. The van der Waals surface area contributed by atoms with Crippen LogP contribution in [-0.2, 0) is 30.6 Å². The minimum Gasteiger partial charge on any atom is -0.497 e. The van der Waals surface area contributed by atoms with E-state index in [0.717, 1.165) is 11.0 Å². The van der Waals surface area contributed by atoms with Gasteiger partial charge in [0.2, 0.25) is 27.7 Å². The second-order valence-electron chi connectivity index (χ2n) is 17.4. The van der Waals surface area contributed by atoms with Crippen molar-refractivity contribution >= 4 is 44.6 Å². The lowest BCUT2D eigenvalue weighted by Crippen LogP contribution is -2.66. The van der Waals surface area contributed by atoms with Crippen LogP contribution in [0.1, 0.15) is 78.2 Å². The summed E-state index contributed by atoms with van der Waals surface area (Å²) in [5.74, 6) is -6.03. The Kier molecular flexibility index (Phi) is 12.3. The maximum absolute atomic E-state index is 15.0. The van der Waals surface area contributed by atoms with E-state index in [0.29, 0.717) is 32.9 Å². The summed E-state index contributed by atoms with van der Waals surface area (Å²) in [5, 5.41) is 12.4. The van der Waals surface area contributed by atoms with Crippen LogP contribution in [0.4, 0.5) is 35.5 Å². The maximum atomic E-state index is 15.0. The molecule has 22 heteroatoms. The van der Waals surface area contributed by atoms with Gasteiger partial charge in [0, 0.05) is 29.3 Å². The Morgan fingerprint density at radius 2 is 1.76 bits per heavy atom. The number of nitrogens with one attached hydrogen (secondary N) is 2. The molecule has 3 fully saturated rings. The summed E-state index contributed by atoms with van der Waals surface area (Å²) >= 11 is 0. The molecule has 4 aliphatic rings. The minimum absolute atomic E-state index is 0.0154. The van der Waals surface area contributed by atoms with E-state index in [1.54, 1.807) is 19.1 Å². The van der Waals surface area contributed by atoms with Crippen LogP contribution in [0.3, 0.4) is 0 Å². The average molecular weight is 908 g/mol. The molecule has 0 bridgehead atoms. The highest BCUT2D eigenvalue weighted by Gasteiger charge is 2.64. The van der Waals surface area contributed by atoms with Crippen molar-refractivity contribution in [1.29, 1.82) is 0 Å². The molecule has 0 spiro atoms. The lowest BCUT2D eigenvalue weighted by Gasteiger charge is -2.45. The Labute approximate surface area is 352 Å². The van der Waals surface area contributed by atoms with Crippen molar-refractivity contribution in [3.05, 3.63) is 42.1 Å². The molecule has 4 amide bonds. The SMILES string of the molecule is COc1ccc2c(O[C@@H]3C[C@H]4C(=O)N[C@]5(C(=O)NS(=O)(=O)C6(CF)CC6)C[C@H]5/C=C\CC[C@H](C)C[C@@H](C)[C@H](N(C(=O)O)C(C)(C)C(F)(F)F)C(=O)N4C3)ncc(C(F)(F)F)c2c1. The molecule has 342 valence electrons. The molecule has 3 heterocycles. The van der Waals surface area contributed by atoms with E-state index in [-0.39, 0.29) is 58.9 Å². The normalized spacial score (nSPS) is 28.7. The van der Waals surface area contributed by atoms with Crippen molar-refractivity contribution in [2.75, 3.05) is 20.3 Å². The first-order valence-corrected chi connectivity index (χ1v) is 21.4. The quantitative estimate of drug-likeness (QED) is 0.195. The Balaban J connectivity index is 1.44. The van der Waals surface area contributed by atoms with Crippen LogP contribution >= 0.6 is 0 Å². The van der Waals surface area contributed by atoms with E-state index in [1.807, 2.05) is 4.72 Å². The number of ether oxygens (including phenoxy) is 2. The van der Waals surface area contributed by atoms with Gasteiger partial charge in [-0.05, 0) is 82.4 Å². The zero-order chi connectivity index (χ0) is 46.0. The number of benzene rings is 1. The molecule has 0 unspecified atom stereocenters. The van der Waals surface area contributed by atoms with Crippen molar-refractivity contribution < 1.29 is 72.9 Å². The van der Waals surface area contributed by atoms with E-state index in [4.69, 9.17) is 9.47 Å². The van der Waals surface area contributed by atoms with E-state index in [1.165, 1.54) is 26.2 Å². The number of carbonyl (C=O) groups excluding carboxylic acids is 3. The largest absolute Gasteiger partial charge is 0.497 e. The molecule has 7 atom stereocenters. The number of allylic oxidation sites excluding steroid dienone is 1. The number of methoxy groups -OCH3 is 1. The number of hydrogen-bond acceptors (Lipinski definition) is 9. The van der Waals surface area contributed by atoms with Crippen molar-refractivity contribution in [2.45, 2.75) is 119 Å². The average Bonchev–Trinajstić information content (AvgIpc) is 4.08. The molecule has 6 rings (SSSR count). The molecule has 2 aliphatic heterocycles. The lowest BCUT2D eigenvalue weighted by atomic mass is 9.85. The third-order valence-electron chi connectivity index (χ3n) is 12.6. The fraction of sp³-hybridized carbons (Fsp3) is 0.625. The van der Waals surface area contributed by atoms with E-state index in [9.17, 15) is 63.4 Å². The molecule has 2 saturated carbocycles. The summed E-state index contributed by atoms with van der Waals surface area (Å²) < 4.78 is 138. The van der Waals surface area contributed by atoms with Gasteiger partial charge in [0.1, 0.15) is 46.4 Å². The van der Waals surface area contributed by atoms with Gasteiger partial charge < -0.3 is 24.8 Å². The number of nitrogens with zero attached hydrogens (tertiary/aromatic N) is 3. The maximum Gasteiger partial charge on any atom is 0.418 e. The highest BCUT2D eigenvalue weighted by molar-refractivity contribution is 7.91. The van der Waals surface area contributed by atoms with Crippen molar-refractivity contribution in [3.63, 3.8) is 0 Å². The highest BCUT2D eigenvalue weighted by atomic mass is 32.2. The van der Waals surface area contributed by atoms with Crippen molar-refractivity contribution in [2.24, 2.45) is 17.8 Å². The Hall–Kier alpha value is -4.89. The first kappa shape index (κ1) is 46.6. The van der Waals surface area contributed by atoms with Gasteiger partial charge in [0.05, 0.1) is 19.2 Å². The molecule has 2 aromatic rings. The Morgan fingerprint density at radius 1 is 1.08 bits per heavy atom. The highest BCUT2D eigenvalue weighted by Crippen LogP contribution is 2.48. The number of pyridine rings is 1. The Bertz CT molecular complexity index is 2250. The van der Waals surface area contributed by atoms with Crippen LogP contribution in [0.5, 0.6) is 11.6 Å². The van der Waals surface area contributed by atoms with Gasteiger partial charge in [-0.25, -0.2) is 22.6 Å². The van der Waals surface area contributed by atoms with Crippen LogP contribution in [0.2, 0.25) is 0 Å². The molecular weight excluding hydrogens is 860 g/mol. The number of hydrogen-bond donors (Lipinski definition) is 3. The van der Waals surface area contributed by atoms with Crippen molar-refractivity contribution in [1.82, 2.24) is 24.8 Å². The number of amides is 4. The standard InChI is InChI=1S/C40H48F7N5O9S/c1-21-8-6-7-9-23-17-38(23,34(55)50-62(58,59)37(20-41)12-13-37)49-31(53)29-16-25(61-32-26-11-10-24(60-5)15-27(26)28(18-48-32)39(42,43)44)19-51(29)33(54)30(22(2)14-21)52(35(56)57)36(3,4)40(45,46)47/h7,9-11,15,18,21-23,25,29-30H,6,8,12-14,16-17,19-20H2,1-5H3,(H,49,53)(H,50,55)(H,56,57)/b9-7-/t21-,22+,23+,25+,29-,30-,38+/m0/s1. The summed E-state index contributed by atoms with van der Waals surface area (Å²) in [6.45, 7) is 2.48. The smallest absolute Gasteiger partial charge is 0.418 e. The molecule has 1 saturated heterocycles. The number of aromatic nitrogens is 1. The molecule has 2 aliphatic carbocycles. The predicted octanol–water partition coefficient (Wildman–Crippen LogP) is 6.14. The first-order chi connectivity index (χ1) is 28.7. The monoisotopic (exact) mass is 907 g/mol. The number of carbonyl (C=O) groups is 4. The molecule has 14 nitrogen and oxygen atoms in total. The zero-order valence-corrected chi connectivity index (χ0v) is 35.2. The molecule has 62 heavy (non-hydrogen) atoms. The van der Waals surface area contributed by atoms with Gasteiger partial charge in [0.15, 0.2) is 0 Å². The first-order valence-electron chi connectivity index (χ1n) is 19.9. The van der Waals surface area contributed by atoms with Crippen LogP contribution in [0.15, 0.2) is 36.5 Å². The number of rotatable bonds is 9. The number of fused-ring (bicyclic) bond motifs is 3. The van der Waals surface area contributed by atoms with E-state index in [2.05, 4.69) is 10.3 Å². The lowest BCUT2D eigenvalue weighted by molar-refractivity contribution is -0.222.